The van der Waals surface area contributed by atoms with E-state index in [9.17, 15) is 9.59 Å². The summed E-state index contributed by atoms with van der Waals surface area (Å²) in [6.45, 7) is 1.83. The van der Waals surface area contributed by atoms with E-state index in [4.69, 9.17) is 10.2 Å². The third-order valence-electron chi connectivity index (χ3n) is 2.41. The van der Waals surface area contributed by atoms with Crippen molar-refractivity contribution < 1.29 is 19.8 Å². The highest BCUT2D eigenvalue weighted by Gasteiger charge is 2.15. The first kappa shape index (κ1) is 11.1. The fraction of sp³-hybridized carbons (Fsp3) is 0.0833. The number of hydrogen-bond donors (Lipinski definition) is 2. The molecule has 17 heavy (non-hydrogen) atoms. The number of carbonyl (C=O) groups is 2. The molecular formula is C12H9NO4. The van der Waals surface area contributed by atoms with Gasteiger partial charge in [-0.3, -0.25) is 0 Å². The summed E-state index contributed by atoms with van der Waals surface area (Å²) in [6.07, 6.45) is 0. The molecule has 0 atom stereocenters. The third-order valence-corrected chi connectivity index (χ3v) is 2.41. The van der Waals surface area contributed by atoms with E-state index in [0.29, 0.717) is 10.9 Å². The zero-order chi connectivity index (χ0) is 12.6. The van der Waals surface area contributed by atoms with Crippen LogP contribution in [0.5, 0.6) is 0 Å². The van der Waals surface area contributed by atoms with E-state index >= 15 is 0 Å². The minimum Gasteiger partial charge on any atom is -0.478 e. The number of fused-ring (bicyclic) bond motifs is 1. The molecule has 86 valence electrons. The van der Waals surface area contributed by atoms with Gasteiger partial charge >= 0.3 is 11.9 Å². The van der Waals surface area contributed by atoms with Gasteiger partial charge in [0.15, 0.2) is 0 Å². The minimum absolute atomic E-state index is 0.0487. The van der Waals surface area contributed by atoms with Gasteiger partial charge in [0.2, 0.25) is 0 Å². The molecule has 0 amide bonds. The zero-order valence-corrected chi connectivity index (χ0v) is 8.97. The van der Waals surface area contributed by atoms with Gasteiger partial charge in [-0.1, -0.05) is 12.1 Å². The van der Waals surface area contributed by atoms with Crippen LogP contribution in [-0.2, 0) is 0 Å². The number of aryl methyl sites for hydroxylation is 1. The normalized spacial score (nSPS) is 10.4. The highest BCUT2D eigenvalue weighted by atomic mass is 16.4. The molecule has 0 spiro atoms. The number of nitrogens with zero attached hydrogens (tertiary/aromatic N) is 1. The Morgan fingerprint density at radius 1 is 1.12 bits per heavy atom. The van der Waals surface area contributed by atoms with Gasteiger partial charge in [-0.2, -0.15) is 0 Å². The lowest BCUT2D eigenvalue weighted by Gasteiger charge is -2.04. The summed E-state index contributed by atoms with van der Waals surface area (Å²) in [5.41, 5.74) is 0.957. The van der Waals surface area contributed by atoms with Gasteiger partial charge in [0.25, 0.3) is 0 Å². The second-order valence-electron chi connectivity index (χ2n) is 3.69. The lowest BCUT2D eigenvalue weighted by Crippen LogP contribution is -2.06. The van der Waals surface area contributed by atoms with Crippen LogP contribution in [0.3, 0.4) is 0 Å². The van der Waals surface area contributed by atoms with Crippen molar-refractivity contribution in [1.29, 1.82) is 0 Å². The molecule has 5 heteroatoms. The van der Waals surface area contributed by atoms with Crippen LogP contribution in [0.2, 0.25) is 0 Å². The number of pyridine rings is 1. The van der Waals surface area contributed by atoms with Crippen LogP contribution >= 0.6 is 0 Å². The molecule has 1 aromatic heterocycles. The summed E-state index contributed by atoms with van der Waals surface area (Å²) in [5, 5.41) is 18.3. The SMILES string of the molecule is Cc1ccc2c(C(=O)O)cc(C(=O)O)nc2c1. The van der Waals surface area contributed by atoms with Crippen LogP contribution in [0, 0.1) is 6.92 Å². The Kier molecular flexibility index (Phi) is 2.51. The van der Waals surface area contributed by atoms with Crippen molar-refractivity contribution in [3.05, 3.63) is 41.1 Å². The number of aromatic carboxylic acids is 2. The number of carboxylic acid groups (broad SMARTS) is 2. The molecular weight excluding hydrogens is 222 g/mol. The molecule has 0 aliphatic rings. The Hall–Kier alpha value is -2.43. The fourth-order valence-corrected chi connectivity index (χ4v) is 1.62. The van der Waals surface area contributed by atoms with Gasteiger partial charge < -0.3 is 10.2 Å². The number of rotatable bonds is 2. The van der Waals surface area contributed by atoms with Gasteiger partial charge in [0.1, 0.15) is 5.69 Å². The van der Waals surface area contributed by atoms with Gasteiger partial charge in [-0.15, -0.1) is 0 Å². The number of benzene rings is 1. The van der Waals surface area contributed by atoms with E-state index in [2.05, 4.69) is 4.98 Å². The summed E-state index contributed by atoms with van der Waals surface area (Å²) in [7, 11) is 0. The maximum Gasteiger partial charge on any atom is 0.354 e. The monoisotopic (exact) mass is 231 g/mol. The van der Waals surface area contributed by atoms with Crippen molar-refractivity contribution in [1.82, 2.24) is 4.98 Å². The van der Waals surface area contributed by atoms with Crippen molar-refractivity contribution >= 4 is 22.8 Å². The predicted molar refractivity (Wildman–Crippen MR) is 60.4 cm³/mol. The van der Waals surface area contributed by atoms with Gasteiger partial charge in [0, 0.05) is 5.39 Å². The van der Waals surface area contributed by atoms with Gasteiger partial charge in [-0.25, -0.2) is 14.6 Å². The Balaban J connectivity index is 2.85. The first-order valence-corrected chi connectivity index (χ1v) is 4.87. The van der Waals surface area contributed by atoms with E-state index in [1.54, 1.807) is 18.2 Å². The molecule has 1 aromatic carbocycles. The van der Waals surface area contributed by atoms with Crippen LogP contribution in [0.15, 0.2) is 24.3 Å². The smallest absolute Gasteiger partial charge is 0.354 e. The second-order valence-corrected chi connectivity index (χ2v) is 3.69. The third kappa shape index (κ3) is 1.94. The van der Waals surface area contributed by atoms with Crippen molar-refractivity contribution in [2.75, 3.05) is 0 Å². The predicted octanol–water partition coefficient (Wildman–Crippen LogP) is 1.94. The Morgan fingerprint density at radius 2 is 1.82 bits per heavy atom. The Labute approximate surface area is 96.3 Å². The number of carboxylic acids is 2. The van der Waals surface area contributed by atoms with Crippen molar-refractivity contribution in [2.24, 2.45) is 0 Å². The maximum absolute atomic E-state index is 11.1. The molecule has 0 fully saturated rings. The van der Waals surface area contributed by atoms with Gasteiger partial charge in [0.05, 0.1) is 11.1 Å². The topological polar surface area (TPSA) is 87.5 Å². The molecule has 5 nitrogen and oxygen atoms in total. The van der Waals surface area contributed by atoms with Crippen LogP contribution in [0.4, 0.5) is 0 Å². The Morgan fingerprint density at radius 3 is 2.41 bits per heavy atom. The van der Waals surface area contributed by atoms with Crippen LogP contribution in [0.1, 0.15) is 26.4 Å². The quantitative estimate of drug-likeness (QED) is 0.824. The lowest BCUT2D eigenvalue weighted by atomic mass is 10.1. The maximum atomic E-state index is 11.1. The largest absolute Gasteiger partial charge is 0.478 e. The van der Waals surface area contributed by atoms with E-state index in [1.807, 2.05) is 6.92 Å². The van der Waals surface area contributed by atoms with Crippen molar-refractivity contribution in [3.8, 4) is 0 Å². The highest BCUT2D eigenvalue weighted by molar-refractivity contribution is 6.04. The summed E-state index contributed by atoms with van der Waals surface area (Å²) < 4.78 is 0. The molecule has 2 rings (SSSR count). The average molecular weight is 231 g/mol. The molecule has 1 heterocycles. The molecule has 2 aromatic rings. The average Bonchev–Trinajstić information content (AvgIpc) is 2.26. The van der Waals surface area contributed by atoms with E-state index in [1.165, 1.54) is 0 Å². The van der Waals surface area contributed by atoms with Crippen molar-refractivity contribution in [2.45, 2.75) is 6.92 Å². The molecule has 0 aliphatic heterocycles. The molecule has 0 aliphatic carbocycles. The van der Waals surface area contributed by atoms with Crippen LogP contribution < -0.4 is 0 Å². The highest BCUT2D eigenvalue weighted by Crippen LogP contribution is 2.20. The molecule has 0 unspecified atom stereocenters. The number of aromatic nitrogens is 1. The first-order chi connectivity index (χ1) is 7.99. The summed E-state index contributed by atoms with van der Waals surface area (Å²) >= 11 is 0. The molecule has 0 bridgehead atoms. The summed E-state index contributed by atoms with van der Waals surface area (Å²) in [4.78, 5) is 25.8. The van der Waals surface area contributed by atoms with Gasteiger partial charge in [-0.05, 0) is 24.6 Å². The van der Waals surface area contributed by atoms with Crippen LogP contribution in [-0.4, -0.2) is 27.1 Å². The van der Waals surface area contributed by atoms with E-state index in [0.717, 1.165) is 11.6 Å². The minimum atomic E-state index is -1.24. The lowest BCUT2D eigenvalue weighted by molar-refractivity contribution is 0.0691. The van der Waals surface area contributed by atoms with Crippen molar-refractivity contribution in [3.63, 3.8) is 0 Å². The van der Waals surface area contributed by atoms with E-state index < -0.39 is 11.9 Å². The Bertz CT molecular complexity index is 634. The fourth-order valence-electron chi connectivity index (χ4n) is 1.62. The first-order valence-electron chi connectivity index (χ1n) is 4.87. The summed E-state index contributed by atoms with van der Waals surface area (Å²) in [6, 6.07) is 6.13. The number of hydrogen-bond acceptors (Lipinski definition) is 3. The zero-order valence-electron chi connectivity index (χ0n) is 8.97. The van der Waals surface area contributed by atoms with E-state index in [-0.39, 0.29) is 11.3 Å². The molecule has 0 radical (unpaired) electrons. The molecule has 2 N–H and O–H groups in total. The standard InChI is InChI=1S/C12H9NO4/c1-6-2-3-7-8(11(14)15)5-10(12(16)17)13-9(7)4-6/h2-5H,1H3,(H,14,15)(H,16,17). The second kappa shape index (κ2) is 3.86. The summed E-state index contributed by atoms with van der Waals surface area (Å²) in [5.74, 6) is -2.40. The van der Waals surface area contributed by atoms with Crippen LogP contribution in [0.25, 0.3) is 10.9 Å². The molecule has 0 saturated carbocycles. The molecule has 0 saturated heterocycles.